The molecule has 0 aliphatic carbocycles. The summed E-state index contributed by atoms with van der Waals surface area (Å²) in [5.74, 6) is 4.19. The Morgan fingerprint density at radius 3 is 1.49 bits per heavy atom. The standard InChI is InChI=1S/C34H46O3/c1-9-10-11-12-13-14-15-22(2)29-16-25(5)33(26(6)17-29)37-31-20-27(7)34(28(8)21-31)36-30-18-23(3)32(35)24(4)19-30/h16-22,35H,9-15H2,1-8H3. The van der Waals surface area contributed by atoms with Gasteiger partial charge in [-0.05, 0) is 117 Å². The number of rotatable bonds is 12. The summed E-state index contributed by atoms with van der Waals surface area (Å²) < 4.78 is 12.7. The van der Waals surface area contributed by atoms with Crippen LogP contribution in [0.2, 0.25) is 0 Å². The molecule has 3 rings (SSSR count). The lowest BCUT2D eigenvalue weighted by Gasteiger charge is -2.19. The minimum absolute atomic E-state index is 0.318. The first-order chi connectivity index (χ1) is 17.6. The number of unbranched alkanes of at least 4 members (excludes halogenated alkanes) is 5. The molecule has 0 heterocycles. The van der Waals surface area contributed by atoms with Crippen molar-refractivity contribution >= 4 is 0 Å². The van der Waals surface area contributed by atoms with Crippen molar-refractivity contribution in [1.29, 1.82) is 0 Å². The van der Waals surface area contributed by atoms with Gasteiger partial charge in [-0.25, -0.2) is 0 Å². The zero-order chi connectivity index (χ0) is 27.1. The van der Waals surface area contributed by atoms with Crippen molar-refractivity contribution < 1.29 is 14.6 Å². The number of benzene rings is 3. The molecule has 1 N–H and O–H groups in total. The highest BCUT2D eigenvalue weighted by Gasteiger charge is 2.15. The van der Waals surface area contributed by atoms with Gasteiger partial charge in [0, 0.05) is 0 Å². The third-order valence-corrected chi connectivity index (χ3v) is 7.38. The average molecular weight is 503 g/mol. The summed E-state index contributed by atoms with van der Waals surface area (Å²) in [7, 11) is 0. The molecule has 0 aliphatic heterocycles. The molecule has 37 heavy (non-hydrogen) atoms. The highest BCUT2D eigenvalue weighted by Crippen LogP contribution is 2.38. The normalized spacial score (nSPS) is 12.0. The van der Waals surface area contributed by atoms with Gasteiger partial charge >= 0.3 is 0 Å². The fourth-order valence-electron chi connectivity index (χ4n) is 5.17. The van der Waals surface area contributed by atoms with Crippen LogP contribution in [0.3, 0.4) is 0 Å². The van der Waals surface area contributed by atoms with Crippen LogP contribution in [0.5, 0.6) is 28.7 Å². The Labute approximate surface area is 224 Å². The smallest absolute Gasteiger partial charge is 0.133 e. The first-order valence-corrected chi connectivity index (χ1v) is 14.0. The molecule has 1 atom stereocenters. The predicted octanol–water partition coefficient (Wildman–Crippen LogP) is 10.7. The van der Waals surface area contributed by atoms with Crippen LogP contribution in [-0.4, -0.2) is 5.11 Å². The van der Waals surface area contributed by atoms with Gasteiger partial charge < -0.3 is 14.6 Å². The Hall–Kier alpha value is -2.94. The predicted molar refractivity (Wildman–Crippen MR) is 156 cm³/mol. The molecule has 200 valence electrons. The van der Waals surface area contributed by atoms with E-state index in [2.05, 4.69) is 39.8 Å². The molecule has 1 unspecified atom stereocenters. The van der Waals surface area contributed by atoms with Gasteiger partial charge in [-0.2, -0.15) is 0 Å². The van der Waals surface area contributed by atoms with Crippen molar-refractivity contribution in [3.8, 4) is 28.7 Å². The Bertz CT molecular complexity index is 1140. The van der Waals surface area contributed by atoms with Gasteiger partial charge in [0.15, 0.2) is 0 Å². The molecule has 3 aromatic carbocycles. The number of aromatic hydroxyl groups is 1. The number of phenols is 1. The molecule has 0 aromatic heterocycles. The molecule has 3 heteroatoms. The first kappa shape index (κ1) is 28.6. The lowest BCUT2D eigenvalue weighted by molar-refractivity contribution is 0.450. The number of ether oxygens (including phenoxy) is 2. The lowest BCUT2D eigenvalue weighted by Crippen LogP contribution is -1.99. The second-order valence-corrected chi connectivity index (χ2v) is 10.9. The topological polar surface area (TPSA) is 38.7 Å². The van der Waals surface area contributed by atoms with E-state index in [9.17, 15) is 5.11 Å². The Kier molecular flexibility index (Phi) is 10.1. The van der Waals surface area contributed by atoms with Crippen LogP contribution in [0, 0.1) is 41.5 Å². The number of aryl methyl sites for hydroxylation is 6. The van der Waals surface area contributed by atoms with Crippen molar-refractivity contribution in [2.75, 3.05) is 0 Å². The van der Waals surface area contributed by atoms with E-state index in [0.717, 1.165) is 45.3 Å². The molecule has 0 spiro atoms. The summed E-state index contributed by atoms with van der Waals surface area (Å²) in [6, 6.07) is 12.4. The van der Waals surface area contributed by atoms with E-state index in [1.807, 2.05) is 52.0 Å². The van der Waals surface area contributed by atoms with Gasteiger partial charge in [0.25, 0.3) is 0 Å². The third kappa shape index (κ3) is 7.53. The van der Waals surface area contributed by atoms with Crippen molar-refractivity contribution in [3.63, 3.8) is 0 Å². The zero-order valence-corrected chi connectivity index (χ0v) is 24.3. The van der Waals surface area contributed by atoms with E-state index in [0.29, 0.717) is 11.7 Å². The largest absolute Gasteiger partial charge is 0.507 e. The molecule has 3 aromatic rings. The second-order valence-electron chi connectivity index (χ2n) is 10.9. The summed E-state index contributed by atoms with van der Waals surface area (Å²) in [6.45, 7) is 16.8. The molecule has 0 aliphatic rings. The van der Waals surface area contributed by atoms with Crippen LogP contribution >= 0.6 is 0 Å². The van der Waals surface area contributed by atoms with Crippen molar-refractivity contribution in [1.82, 2.24) is 0 Å². The molecule has 0 radical (unpaired) electrons. The van der Waals surface area contributed by atoms with Crippen molar-refractivity contribution in [3.05, 3.63) is 75.3 Å². The molecule has 3 nitrogen and oxygen atoms in total. The highest BCUT2D eigenvalue weighted by atomic mass is 16.5. The maximum absolute atomic E-state index is 10.1. The van der Waals surface area contributed by atoms with E-state index in [-0.39, 0.29) is 0 Å². The Morgan fingerprint density at radius 2 is 1.00 bits per heavy atom. The summed E-state index contributed by atoms with van der Waals surface area (Å²) >= 11 is 0. The van der Waals surface area contributed by atoms with E-state index >= 15 is 0 Å². The molecule has 0 fully saturated rings. The fraction of sp³-hybridized carbons (Fsp3) is 0.471. The van der Waals surface area contributed by atoms with Crippen LogP contribution < -0.4 is 9.47 Å². The first-order valence-electron chi connectivity index (χ1n) is 14.0. The van der Waals surface area contributed by atoms with Crippen molar-refractivity contribution in [2.24, 2.45) is 0 Å². The summed E-state index contributed by atoms with van der Waals surface area (Å²) in [5.41, 5.74) is 7.40. The average Bonchev–Trinajstić information content (AvgIpc) is 2.84. The van der Waals surface area contributed by atoms with Crippen LogP contribution in [0.1, 0.15) is 104 Å². The number of hydrogen-bond donors (Lipinski definition) is 1. The van der Waals surface area contributed by atoms with Gasteiger partial charge in [0.05, 0.1) is 0 Å². The van der Waals surface area contributed by atoms with E-state index in [1.54, 1.807) is 0 Å². The second kappa shape index (κ2) is 13.0. The molecule has 0 bridgehead atoms. The highest BCUT2D eigenvalue weighted by molar-refractivity contribution is 5.53. The monoisotopic (exact) mass is 502 g/mol. The van der Waals surface area contributed by atoms with E-state index in [1.165, 1.54) is 61.6 Å². The third-order valence-electron chi connectivity index (χ3n) is 7.38. The van der Waals surface area contributed by atoms with Gasteiger partial charge in [-0.15, -0.1) is 0 Å². The SMILES string of the molecule is CCCCCCCCC(C)c1cc(C)c(Oc2cc(C)c(Oc3cc(C)c(O)c(C)c3)c(C)c2)c(C)c1. The van der Waals surface area contributed by atoms with Crippen LogP contribution in [0.15, 0.2) is 36.4 Å². The number of phenolic OH excluding ortho intramolecular Hbond substituents is 1. The van der Waals surface area contributed by atoms with Crippen LogP contribution in [0.25, 0.3) is 0 Å². The van der Waals surface area contributed by atoms with E-state index in [4.69, 9.17) is 9.47 Å². The van der Waals surface area contributed by atoms with Crippen LogP contribution in [-0.2, 0) is 0 Å². The Morgan fingerprint density at radius 1 is 0.595 bits per heavy atom. The maximum atomic E-state index is 10.1. The van der Waals surface area contributed by atoms with Gasteiger partial charge in [0.1, 0.15) is 28.7 Å². The lowest BCUT2D eigenvalue weighted by atomic mass is 9.92. The molecule has 0 amide bonds. The van der Waals surface area contributed by atoms with Crippen LogP contribution in [0.4, 0.5) is 0 Å². The minimum Gasteiger partial charge on any atom is -0.507 e. The Balaban J connectivity index is 1.71. The minimum atomic E-state index is 0.318. The summed E-state index contributed by atoms with van der Waals surface area (Å²) in [4.78, 5) is 0. The summed E-state index contributed by atoms with van der Waals surface area (Å²) in [6.07, 6.45) is 9.29. The van der Waals surface area contributed by atoms with Gasteiger partial charge in [-0.3, -0.25) is 0 Å². The zero-order valence-electron chi connectivity index (χ0n) is 24.3. The molecule has 0 saturated carbocycles. The van der Waals surface area contributed by atoms with Gasteiger partial charge in [-0.1, -0.05) is 64.5 Å². The molecular weight excluding hydrogens is 456 g/mol. The fourth-order valence-corrected chi connectivity index (χ4v) is 5.17. The van der Waals surface area contributed by atoms with E-state index < -0.39 is 0 Å². The quantitative estimate of drug-likeness (QED) is 0.250. The van der Waals surface area contributed by atoms with Gasteiger partial charge in [0.2, 0.25) is 0 Å². The molecular formula is C34H46O3. The number of hydrogen-bond acceptors (Lipinski definition) is 3. The van der Waals surface area contributed by atoms with Crippen molar-refractivity contribution in [2.45, 2.75) is 106 Å². The summed E-state index contributed by atoms with van der Waals surface area (Å²) in [5, 5.41) is 10.1. The molecule has 0 saturated heterocycles. The maximum Gasteiger partial charge on any atom is 0.133 e.